The summed E-state index contributed by atoms with van der Waals surface area (Å²) >= 11 is 0. The molecule has 48 heteroatoms. The van der Waals surface area contributed by atoms with Crippen molar-refractivity contribution >= 4 is 119 Å². The number of hydrogen-bond acceptors (Lipinski definition) is 22. The van der Waals surface area contributed by atoms with Gasteiger partial charge in [-0.05, 0) is 176 Å². The fraction of sp³-hybridized carbons (Fsp3) is 0.904. The van der Waals surface area contributed by atoms with Gasteiger partial charge < -0.3 is 77.5 Å². The Hall–Kier alpha value is -1.48. The highest BCUT2D eigenvalue weighted by Gasteiger charge is 2.91. The molecule has 4 unspecified atom stereocenters. The van der Waals surface area contributed by atoms with Crippen molar-refractivity contribution < 1.29 is 154 Å². The lowest BCUT2D eigenvalue weighted by Crippen LogP contribution is -2.70. The van der Waals surface area contributed by atoms with Crippen molar-refractivity contribution in [2.75, 3.05) is 79.3 Å². The first-order valence-corrected chi connectivity index (χ1v) is 74.2. The topological polar surface area (TPSA) is 241 Å². The highest BCUT2D eigenvalue weighted by atomic mass is 28.5. The Kier molecular flexibility index (Phi) is 54.4. The minimum atomic E-state index is -8.06. The Bertz CT molecular complexity index is 3200. The van der Waals surface area contributed by atoms with Crippen LogP contribution in [0.3, 0.4) is 0 Å². The van der Waals surface area contributed by atoms with E-state index >= 15 is 17.6 Å². The third-order valence-corrected chi connectivity index (χ3v) is 71.2. The van der Waals surface area contributed by atoms with E-state index < -0.39 is 143 Å². The van der Waals surface area contributed by atoms with E-state index in [4.69, 9.17) is 77.5 Å². The fourth-order valence-corrected chi connectivity index (χ4v) is 76.5. The normalized spacial score (nSPS) is 24.9. The number of ether oxygens (including phenoxy) is 1. The van der Waals surface area contributed by atoms with E-state index in [0.29, 0.717) is 38.1 Å². The molecule has 0 aromatic carbocycles. The van der Waals surface area contributed by atoms with Crippen molar-refractivity contribution in [1.82, 2.24) is 9.80 Å². The molecule has 131 heavy (non-hydrogen) atoms. The molecular weight excluding hydrogens is 1930 g/mol. The number of hydrogen-bond donors (Lipinski definition) is 0. The standard InChI is InChI=1S/C47H88N2O9Si4.C36H73F13O13Si7/c1-7-9-11-13-15-17-19-21-23-25-27-29-39-59(3)55-61(5,41-31-37-48-44(50)33-34-45(48)51)56-60(4,40-30-28-26-24-22-20-18-16-14-12-10-8-2)58-62(6,57-59)42-32-38-54-43-49-46(52)35-36-47(49)53;1-14-50-67(51-15-2,52-16-3)28-25-64(11)59-63(10,24-23-31(37,38)32(39,40)33(41,42)34(43,44)35(45,46)36(47,48)49)60-65(12,26-29-68(53-17-4,54-18-5)55-19-6)62-66(13,61-64)27-30-69(56-20-7,57-21-8)58-22-9/h33-36H,7-32,37-43H2,1-6H3;14-30H2,1-13H3. The number of imide groups is 2. The Morgan fingerprint density at radius 1 is 0.275 bits per heavy atom. The van der Waals surface area contributed by atoms with Gasteiger partial charge in [0.2, 0.25) is 0 Å². The molecule has 0 aromatic heterocycles. The third kappa shape index (κ3) is 39.7. The summed E-state index contributed by atoms with van der Waals surface area (Å²) in [6.45, 7) is 36.1. The fourth-order valence-electron chi connectivity index (χ4n) is 17.1. The zero-order valence-electron chi connectivity index (χ0n) is 82.0. The van der Waals surface area contributed by atoms with Crippen LogP contribution in [0.1, 0.15) is 250 Å². The minimum absolute atomic E-state index is 0.0570. The highest BCUT2D eigenvalue weighted by molar-refractivity contribution is 6.95. The molecule has 4 heterocycles. The lowest BCUT2D eigenvalue weighted by molar-refractivity contribution is -0.440. The van der Waals surface area contributed by atoms with Crippen LogP contribution in [-0.2, 0) is 96.7 Å². The van der Waals surface area contributed by atoms with Gasteiger partial charge in [-0.15, -0.1) is 0 Å². The van der Waals surface area contributed by atoms with Gasteiger partial charge in [0.1, 0.15) is 6.73 Å². The molecule has 4 rings (SSSR count). The molecule has 2 saturated heterocycles. The summed E-state index contributed by atoms with van der Waals surface area (Å²) in [5.41, 5.74) is 0. The van der Waals surface area contributed by atoms with Crippen molar-refractivity contribution in [2.24, 2.45) is 0 Å². The van der Waals surface area contributed by atoms with Crippen molar-refractivity contribution in [3.8, 4) is 0 Å². The largest absolute Gasteiger partial charge is 0.500 e. The summed E-state index contributed by atoms with van der Waals surface area (Å²) in [7, 11) is -39.2. The Morgan fingerprint density at radius 3 is 0.756 bits per heavy atom. The monoisotopic (exact) mass is 2090 g/mol. The highest BCUT2D eigenvalue weighted by Crippen LogP contribution is 2.61. The summed E-state index contributed by atoms with van der Waals surface area (Å²) in [6, 6.07) is 1.32. The first-order valence-electron chi connectivity index (χ1n) is 48.2. The van der Waals surface area contributed by atoms with E-state index in [1.165, 1.54) is 171 Å². The Morgan fingerprint density at radius 2 is 0.496 bits per heavy atom. The van der Waals surface area contributed by atoms with Crippen molar-refractivity contribution in [1.29, 1.82) is 0 Å². The van der Waals surface area contributed by atoms with Crippen molar-refractivity contribution in [3.05, 3.63) is 24.3 Å². The maximum atomic E-state index is 15.7. The van der Waals surface area contributed by atoms with Gasteiger partial charge in [-0.1, -0.05) is 168 Å². The lowest BCUT2D eigenvalue weighted by atomic mass is 9.93. The average molecular weight is 2100 g/mol. The molecule has 770 valence electrons. The quantitative estimate of drug-likeness (QED) is 0.0238. The van der Waals surface area contributed by atoms with E-state index in [2.05, 4.69) is 40.0 Å². The second kappa shape index (κ2) is 57.6. The first-order chi connectivity index (χ1) is 61.2. The van der Waals surface area contributed by atoms with Crippen LogP contribution in [0.2, 0.25) is 119 Å². The zero-order valence-corrected chi connectivity index (χ0v) is 93.0. The summed E-state index contributed by atoms with van der Waals surface area (Å²) < 4.78 is 304. The van der Waals surface area contributed by atoms with Crippen LogP contribution < -0.4 is 0 Å². The van der Waals surface area contributed by atoms with Gasteiger partial charge in [-0.3, -0.25) is 29.0 Å². The molecule has 0 saturated carbocycles. The van der Waals surface area contributed by atoms with Crippen molar-refractivity contribution in [3.63, 3.8) is 0 Å². The van der Waals surface area contributed by atoms with Gasteiger partial charge in [0.15, 0.2) is 0 Å². The molecule has 0 bridgehead atoms. The Labute approximate surface area is 785 Å². The van der Waals surface area contributed by atoms with Gasteiger partial charge in [-0.2, -0.15) is 57.1 Å². The zero-order chi connectivity index (χ0) is 98.9. The number of halogens is 13. The van der Waals surface area contributed by atoms with Gasteiger partial charge >= 0.3 is 131 Å². The SMILES string of the molecule is CCCCCCCCCCCCCC[Si]1(C)O[Si](C)(CCCOCN2C(=O)C=CC2=O)O[Si](C)(CCCCCCCCCCCCCC)O[Si](C)(CCCN2C(=O)C=CC2=O)O1.CCO[Si](CC[Si]1(C)O[Si](C)(CCC(F)(F)C(F)(F)C(F)(F)C(F)(F)C(F)(F)C(F)(F)F)O[Si](C)(CC[Si](OCC)(OCC)OCC)O[Si](C)(CC[Si](OCC)(OCC)OCC)O1)(OCC)OCC. The number of nitrogens with zero attached hydrogens (tertiary/aromatic N) is 2. The number of carbonyl (C=O) groups excluding carboxylic acids is 4. The molecule has 24 nitrogen and oxygen atoms in total. The average Bonchev–Trinajstić information content (AvgIpc) is 1.40. The van der Waals surface area contributed by atoms with E-state index in [1.54, 1.807) is 68.9 Å². The van der Waals surface area contributed by atoms with Crippen molar-refractivity contribution in [2.45, 2.75) is 404 Å². The van der Waals surface area contributed by atoms with Gasteiger partial charge in [0.05, 0.1) is 0 Å². The molecular formula is C83H161F13N2O22Si11. The second-order valence-corrected chi connectivity index (χ2v) is 72.3. The molecule has 0 radical (unpaired) electrons. The molecule has 4 atom stereocenters. The maximum absolute atomic E-state index is 15.7. The summed E-state index contributed by atoms with van der Waals surface area (Å²) in [5, 5.41) is 0. The second-order valence-electron chi connectivity index (χ2n) is 35.5. The molecule has 4 aliphatic rings. The van der Waals surface area contributed by atoms with Crippen LogP contribution in [0.5, 0.6) is 0 Å². The van der Waals surface area contributed by atoms with Gasteiger partial charge in [0.25, 0.3) is 23.6 Å². The molecule has 0 aliphatic carbocycles. The van der Waals surface area contributed by atoms with Crippen LogP contribution in [0, 0.1) is 0 Å². The van der Waals surface area contributed by atoms with Crippen LogP contribution in [-0.4, -0.2) is 243 Å². The summed E-state index contributed by atoms with van der Waals surface area (Å²) in [5.74, 6) is -39.0. The number of unbranched alkanes of at least 4 members (excludes halogenated alkanes) is 22. The van der Waals surface area contributed by atoms with Crippen LogP contribution >= 0.6 is 0 Å². The number of rotatable bonds is 70. The summed E-state index contributed by atoms with van der Waals surface area (Å²) in [6.07, 6.45) is 27.1. The van der Waals surface area contributed by atoms with Gasteiger partial charge in [-0.25, -0.2) is 0 Å². The number of carbonyl (C=O) groups is 4. The van der Waals surface area contributed by atoms with Crippen LogP contribution in [0.25, 0.3) is 0 Å². The van der Waals surface area contributed by atoms with Crippen LogP contribution in [0.4, 0.5) is 57.1 Å². The van der Waals surface area contributed by atoms with E-state index in [1.807, 2.05) is 0 Å². The van der Waals surface area contributed by atoms with E-state index in [-0.39, 0.29) is 126 Å². The molecule has 4 aliphatic heterocycles. The van der Waals surface area contributed by atoms with Crippen LogP contribution in [0.15, 0.2) is 24.3 Å². The molecule has 4 amide bonds. The predicted octanol–water partition coefficient (Wildman–Crippen LogP) is 24.0. The molecule has 0 aromatic rings. The minimum Gasteiger partial charge on any atom is -0.416 e. The number of alkyl halides is 13. The Balaban J connectivity index is 0.000000678. The van der Waals surface area contributed by atoms with E-state index in [9.17, 15) is 58.7 Å². The predicted molar refractivity (Wildman–Crippen MR) is 501 cm³/mol. The first kappa shape index (κ1) is 124. The summed E-state index contributed by atoms with van der Waals surface area (Å²) in [4.78, 5) is 51.5. The maximum Gasteiger partial charge on any atom is 0.500 e. The third-order valence-electron chi connectivity index (χ3n) is 23.2. The lowest BCUT2D eigenvalue weighted by Gasteiger charge is -2.51. The van der Waals surface area contributed by atoms with Gasteiger partial charge in [0, 0.05) is 121 Å². The molecule has 0 spiro atoms. The number of amides is 4. The smallest absolute Gasteiger partial charge is 0.416 e. The van der Waals surface area contributed by atoms with E-state index in [0.717, 1.165) is 49.2 Å². The molecule has 0 N–H and O–H groups in total. The molecule has 2 fully saturated rings.